The molecule has 0 spiro atoms. The third-order valence-electron chi connectivity index (χ3n) is 6.62. The van der Waals surface area contributed by atoms with Gasteiger partial charge in [-0.1, -0.05) is 24.8 Å². The second-order valence-corrected chi connectivity index (χ2v) is 9.71. The van der Waals surface area contributed by atoms with Gasteiger partial charge in [0.25, 0.3) is 0 Å². The number of rotatable bonds is 6. The fourth-order valence-corrected chi connectivity index (χ4v) is 4.55. The molecule has 0 saturated carbocycles. The molecule has 0 bridgehead atoms. The molecule has 5 rings (SSSR count). The van der Waals surface area contributed by atoms with E-state index in [1.165, 1.54) is 0 Å². The van der Waals surface area contributed by atoms with Crippen molar-refractivity contribution in [2.24, 2.45) is 4.99 Å². The van der Waals surface area contributed by atoms with Crippen LogP contribution in [0.1, 0.15) is 37.8 Å². The van der Waals surface area contributed by atoms with Crippen molar-refractivity contribution in [3.63, 3.8) is 0 Å². The molecule has 0 unspecified atom stereocenters. The number of allylic oxidation sites excluding steroid dienone is 1. The fourth-order valence-electron chi connectivity index (χ4n) is 4.55. The smallest absolute Gasteiger partial charge is 0.158 e. The van der Waals surface area contributed by atoms with Crippen molar-refractivity contribution >= 4 is 29.1 Å². The Hall–Kier alpha value is -4.00. The van der Waals surface area contributed by atoms with Crippen molar-refractivity contribution in [2.75, 3.05) is 35.3 Å². The number of nitrogens with zero attached hydrogens (tertiary/aromatic N) is 5. The van der Waals surface area contributed by atoms with Crippen molar-refractivity contribution in [1.82, 2.24) is 9.97 Å². The van der Waals surface area contributed by atoms with Gasteiger partial charge in [0.15, 0.2) is 5.82 Å². The Labute approximate surface area is 211 Å². The van der Waals surface area contributed by atoms with Gasteiger partial charge >= 0.3 is 0 Å². The molecule has 36 heavy (non-hydrogen) atoms. The van der Waals surface area contributed by atoms with Crippen LogP contribution in [0.25, 0.3) is 16.8 Å². The molecule has 4 heterocycles. The average Bonchev–Trinajstić information content (AvgIpc) is 3.35. The SMILES string of the molecule is C=C(Nc1cc(C2=CN=CC2)ccn1)N1CCCN(C)c2ccc(-c3cccc(C(C)(C)F)c3)nc21. The number of fused-ring (bicyclic) bond motifs is 1. The first kappa shape index (κ1) is 23.7. The predicted octanol–water partition coefficient (Wildman–Crippen LogP) is 6.39. The van der Waals surface area contributed by atoms with Crippen LogP contribution in [0.3, 0.4) is 0 Å². The van der Waals surface area contributed by atoms with E-state index >= 15 is 0 Å². The summed E-state index contributed by atoms with van der Waals surface area (Å²) in [6.07, 6.45) is 7.36. The Kier molecular flexibility index (Phi) is 6.31. The summed E-state index contributed by atoms with van der Waals surface area (Å²) in [5.74, 6) is 2.24. The quantitative estimate of drug-likeness (QED) is 0.441. The average molecular weight is 483 g/mol. The van der Waals surface area contributed by atoms with Crippen molar-refractivity contribution in [1.29, 1.82) is 0 Å². The molecule has 2 aliphatic heterocycles. The van der Waals surface area contributed by atoms with Gasteiger partial charge in [-0.3, -0.25) is 4.99 Å². The van der Waals surface area contributed by atoms with Gasteiger partial charge in [-0.15, -0.1) is 0 Å². The Balaban J connectivity index is 1.47. The zero-order chi connectivity index (χ0) is 25.3. The van der Waals surface area contributed by atoms with E-state index in [4.69, 9.17) is 4.98 Å². The van der Waals surface area contributed by atoms with Gasteiger partial charge in [-0.25, -0.2) is 14.4 Å². The third-order valence-corrected chi connectivity index (χ3v) is 6.62. The highest BCUT2D eigenvalue weighted by molar-refractivity contribution is 5.84. The third kappa shape index (κ3) is 4.87. The molecular weight excluding hydrogens is 451 g/mol. The number of pyridine rings is 2. The maximum Gasteiger partial charge on any atom is 0.158 e. The summed E-state index contributed by atoms with van der Waals surface area (Å²) in [6.45, 7) is 9.15. The van der Waals surface area contributed by atoms with Gasteiger partial charge < -0.3 is 15.1 Å². The molecule has 2 aliphatic rings. The van der Waals surface area contributed by atoms with E-state index in [0.29, 0.717) is 11.4 Å². The molecule has 0 atom stereocenters. The molecule has 0 amide bonds. The molecule has 0 aliphatic carbocycles. The lowest BCUT2D eigenvalue weighted by atomic mass is 9.97. The summed E-state index contributed by atoms with van der Waals surface area (Å²) >= 11 is 0. The van der Waals surface area contributed by atoms with Crippen LogP contribution < -0.4 is 15.1 Å². The maximum atomic E-state index is 14.6. The number of nitrogens with one attached hydrogen (secondary N) is 1. The minimum absolute atomic E-state index is 0.630. The Bertz CT molecular complexity index is 1350. The van der Waals surface area contributed by atoms with E-state index in [1.807, 2.05) is 54.9 Å². The van der Waals surface area contributed by atoms with Crippen molar-refractivity contribution in [3.8, 4) is 11.3 Å². The Morgan fingerprint density at radius 2 is 1.94 bits per heavy atom. The van der Waals surface area contributed by atoms with Crippen LogP contribution in [0.15, 0.2) is 78.3 Å². The molecule has 7 heteroatoms. The maximum absolute atomic E-state index is 14.6. The van der Waals surface area contributed by atoms with Crippen LogP contribution in [0.5, 0.6) is 0 Å². The van der Waals surface area contributed by atoms with Gasteiger partial charge in [0.05, 0.1) is 11.4 Å². The summed E-state index contributed by atoms with van der Waals surface area (Å²) < 4.78 is 14.6. The molecule has 3 aromatic rings. The van der Waals surface area contributed by atoms with Crippen LogP contribution >= 0.6 is 0 Å². The lowest BCUT2D eigenvalue weighted by Gasteiger charge is -2.27. The van der Waals surface area contributed by atoms with Crippen LogP contribution in [0.2, 0.25) is 0 Å². The summed E-state index contributed by atoms with van der Waals surface area (Å²) in [4.78, 5) is 18.1. The molecule has 2 aromatic heterocycles. The molecule has 6 nitrogen and oxygen atoms in total. The van der Waals surface area contributed by atoms with Gasteiger partial charge in [0.1, 0.15) is 17.3 Å². The van der Waals surface area contributed by atoms with E-state index < -0.39 is 5.67 Å². The summed E-state index contributed by atoms with van der Waals surface area (Å²) in [6, 6.07) is 15.6. The molecule has 1 N–H and O–H groups in total. The fraction of sp³-hybridized carbons (Fsp3) is 0.276. The van der Waals surface area contributed by atoms with Crippen LogP contribution in [-0.4, -0.2) is 36.3 Å². The first-order valence-corrected chi connectivity index (χ1v) is 12.2. The number of hydrogen-bond donors (Lipinski definition) is 1. The molecule has 1 aromatic carbocycles. The summed E-state index contributed by atoms with van der Waals surface area (Å²) in [5.41, 5.74) is 4.16. The topological polar surface area (TPSA) is 56.7 Å². The molecule has 184 valence electrons. The lowest BCUT2D eigenvalue weighted by Crippen LogP contribution is -2.28. The zero-order valence-electron chi connectivity index (χ0n) is 21.0. The molecule has 0 fully saturated rings. The van der Waals surface area contributed by atoms with Gasteiger partial charge in [0, 0.05) is 50.7 Å². The minimum Gasteiger partial charge on any atom is -0.372 e. The van der Waals surface area contributed by atoms with Crippen molar-refractivity contribution in [2.45, 2.75) is 32.4 Å². The number of benzene rings is 1. The first-order valence-electron chi connectivity index (χ1n) is 12.2. The van der Waals surface area contributed by atoms with Gasteiger partial charge in [-0.05, 0) is 67.3 Å². The number of halogens is 1. The monoisotopic (exact) mass is 482 g/mol. The highest BCUT2D eigenvalue weighted by Crippen LogP contribution is 2.36. The van der Waals surface area contributed by atoms with Crippen molar-refractivity contribution < 1.29 is 4.39 Å². The van der Waals surface area contributed by atoms with E-state index in [9.17, 15) is 4.39 Å². The van der Waals surface area contributed by atoms with Crippen molar-refractivity contribution in [3.05, 3.63) is 84.5 Å². The van der Waals surface area contributed by atoms with E-state index in [2.05, 4.69) is 44.8 Å². The number of anilines is 3. The molecular formula is C29H31FN6. The van der Waals surface area contributed by atoms with Crippen LogP contribution in [0.4, 0.5) is 21.7 Å². The second kappa shape index (κ2) is 9.57. The normalized spacial score (nSPS) is 15.4. The van der Waals surface area contributed by atoms with Crippen LogP contribution in [-0.2, 0) is 5.67 Å². The number of aromatic nitrogens is 2. The Morgan fingerprint density at radius 3 is 2.72 bits per heavy atom. The first-order chi connectivity index (χ1) is 17.3. The highest BCUT2D eigenvalue weighted by Gasteiger charge is 2.24. The van der Waals surface area contributed by atoms with Crippen LogP contribution in [0, 0.1) is 0 Å². The predicted molar refractivity (Wildman–Crippen MR) is 147 cm³/mol. The van der Waals surface area contributed by atoms with Gasteiger partial charge in [-0.2, -0.15) is 0 Å². The summed E-state index contributed by atoms with van der Waals surface area (Å²) in [5, 5.41) is 3.39. The van der Waals surface area contributed by atoms with E-state index in [-0.39, 0.29) is 0 Å². The molecule has 0 radical (unpaired) electrons. The number of hydrogen-bond acceptors (Lipinski definition) is 6. The minimum atomic E-state index is -1.42. The summed E-state index contributed by atoms with van der Waals surface area (Å²) in [7, 11) is 2.08. The van der Waals surface area contributed by atoms with E-state index in [1.54, 1.807) is 20.0 Å². The number of alkyl halides is 1. The van der Waals surface area contributed by atoms with Gasteiger partial charge in [0.2, 0.25) is 0 Å². The zero-order valence-corrected chi connectivity index (χ0v) is 21.0. The lowest BCUT2D eigenvalue weighted by molar-refractivity contribution is 0.221. The van der Waals surface area contributed by atoms with E-state index in [0.717, 1.165) is 65.6 Å². The Morgan fingerprint density at radius 1 is 1.08 bits per heavy atom. The largest absolute Gasteiger partial charge is 0.372 e. The molecule has 0 saturated heterocycles. The standard InChI is InChI=1S/C29H31FN6/c1-20(33-27-18-21(12-14-32-27)23-11-13-31-19-23)36-16-6-15-35(4)26-10-9-25(34-28(26)36)22-7-5-8-24(17-22)29(2,3)30/h5,7-10,12-14,17-19H,1,6,11,15-16H2,2-4H3,(H,32,33). The highest BCUT2D eigenvalue weighted by atomic mass is 19.1. The second-order valence-electron chi connectivity index (χ2n) is 9.71. The number of aliphatic imine (C=N–C) groups is 1.